The van der Waals surface area contributed by atoms with Crippen LogP contribution in [0.3, 0.4) is 0 Å². The van der Waals surface area contributed by atoms with Crippen LogP contribution in [0.1, 0.15) is 11.5 Å². The third kappa shape index (κ3) is 8.64. The topological polar surface area (TPSA) is 83.7 Å². The smallest absolute Gasteiger partial charge is 0.322 e. The van der Waals surface area contributed by atoms with E-state index in [1.165, 1.54) is 0 Å². The Hall–Kier alpha value is -3.82. The van der Waals surface area contributed by atoms with E-state index >= 15 is 0 Å². The van der Waals surface area contributed by atoms with Crippen LogP contribution < -0.4 is 10.1 Å². The first kappa shape index (κ1) is 27.2. The highest BCUT2D eigenvalue weighted by molar-refractivity contribution is 7.98. The van der Waals surface area contributed by atoms with Gasteiger partial charge in [-0.3, -0.25) is 0 Å². The number of rotatable bonds is 13. The molecule has 0 radical (unpaired) electrons. The lowest BCUT2D eigenvalue weighted by Gasteiger charge is -2.25. The van der Waals surface area contributed by atoms with Gasteiger partial charge >= 0.3 is 6.03 Å². The number of likely N-dealkylation sites (N-methyl/N-ethyl adjacent to an activating group) is 1. The predicted molar refractivity (Wildman–Crippen MR) is 152 cm³/mol. The van der Waals surface area contributed by atoms with Crippen molar-refractivity contribution in [3.8, 4) is 17.2 Å². The second kappa shape index (κ2) is 14.2. The summed E-state index contributed by atoms with van der Waals surface area (Å²) in [6.45, 7) is 2.55. The van der Waals surface area contributed by atoms with Gasteiger partial charge in [0.1, 0.15) is 5.75 Å². The van der Waals surface area contributed by atoms with Crippen molar-refractivity contribution in [2.24, 2.45) is 0 Å². The highest BCUT2D eigenvalue weighted by atomic mass is 32.2. The molecule has 0 saturated heterocycles. The van der Waals surface area contributed by atoms with Crippen LogP contribution in [-0.4, -0.2) is 65.6 Å². The molecular weight excluding hydrogens is 498 g/mol. The SMILES string of the molecule is CN(C)CCN(Cc1ccccc1)C(=O)Nc1ccc(-c2nnc(CSCCOc3ccccc3)o2)cc1. The number of para-hydroxylation sites is 1. The second-order valence-electron chi connectivity index (χ2n) is 8.93. The normalized spacial score (nSPS) is 10.9. The fourth-order valence-electron chi connectivity index (χ4n) is 3.60. The van der Waals surface area contributed by atoms with Crippen LogP contribution in [0.15, 0.2) is 89.3 Å². The maximum absolute atomic E-state index is 13.1. The molecule has 0 spiro atoms. The second-order valence-corrected chi connectivity index (χ2v) is 10.0. The Morgan fingerprint density at radius 2 is 1.63 bits per heavy atom. The van der Waals surface area contributed by atoms with Crippen LogP contribution in [0.4, 0.5) is 10.5 Å². The molecule has 3 aromatic carbocycles. The van der Waals surface area contributed by atoms with Gasteiger partial charge in [-0.25, -0.2) is 4.79 Å². The summed E-state index contributed by atoms with van der Waals surface area (Å²) in [6.07, 6.45) is 0. The molecule has 2 amide bonds. The standard InChI is InChI=1S/C29H33N5O3S/c1-33(2)17-18-34(21-23-9-5-3-6-10-23)29(35)30-25-15-13-24(14-16-25)28-32-31-27(37-28)22-38-20-19-36-26-11-7-4-8-12-26/h3-16H,17-22H2,1-2H3,(H,30,35). The lowest BCUT2D eigenvalue weighted by molar-refractivity contribution is 0.202. The van der Waals surface area contributed by atoms with Crippen molar-refractivity contribution in [3.63, 3.8) is 0 Å². The number of aromatic nitrogens is 2. The zero-order valence-electron chi connectivity index (χ0n) is 21.7. The van der Waals surface area contributed by atoms with Gasteiger partial charge in [0.15, 0.2) is 0 Å². The average molecular weight is 532 g/mol. The molecule has 0 fully saturated rings. The van der Waals surface area contributed by atoms with Gasteiger partial charge in [-0.2, -0.15) is 0 Å². The molecule has 4 rings (SSSR count). The van der Waals surface area contributed by atoms with E-state index in [2.05, 4.69) is 20.4 Å². The quantitative estimate of drug-likeness (QED) is 0.223. The first-order valence-corrected chi connectivity index (χ1v) is 13.7. The van der Waals surface area contributed by atoms with E-state index in [4.69, 9.17) is 9.15 Å². The number of urea groups is 1. The zero-order chi connectivity index (χ0) is 26.6. The number of carbonyl (C=O) groups excluding carboxylic acids is 1. The number of benzene rings is 3. The number of thioether (sulfide) groups is 1. The number of hydrogen-bond acceptors (Lipinski definition) is 7. The molecule has 0 unspecified atom stereocenters. The van der Waals surface area contributed by atoms with Gasteiger partial charge < -0.3 is 24.3 Å². The summed E-state index contributed by atoms with van der Waals surface area (Å²) in [6, 6.07) is 27.0. The van der Waals surface area contributed by atoms with Crippen molar-refractivity contribution < 1.29 is 13.9 Å². The maximum atomic E-state index is 13.1. The van der Waals surface area contributed by atoms with Gasteiger partial charge in [-0.05, 0) is 56.1 Å². The van der Waals surface area contributed by atoms with E-state index in [1.54, 1.807) is 11.8 Å². The van der Waals surface area contributed by atoms with E-state index in [0.29, 0.717) is 42.9 Å². The van der Waals surface area contributed by atoms with Crippen molar-refractivity contribution in [2.45, 2.75) is 12.3 Å². The Morgan fingerprint density at radius 3 is 2.34 bits per heavy atom. The predicted octanol–water partition coefficient (Wildman–Crippen LogP) is 5.64. The fraction of sp³-hybridized carbons (Fsp3) is 0.276. The molecule has 8 nitrogen and oxygen atoms in total. The van der Waals surface area contributed by atoms with Gasteiger partial charge in [-0.1, -0.05) is 48.5 Å². The first-order valence-electron chi connectivity index (χ1n) is 12.5. The zero-order valence-corrected chi connectivity index (χ0v) is 22.6. The largest absolute Gasteiger partial charge is 0.493 e. The Balaban J connectivity index is 1.27. The van der Waals surface area contributed by atoms with E-state index in [0.717, 1.165) is 29.2 Å². The number of anilines is 1. The molecule has 0 aliphatic heterocycles. The van der Waals surface area contributed by atoms with E-state index in [-0.39, 0.29) is 6.03 Å². The summed E-state index contributed by atoms with van der Waals surface area (Å²) >= 11 is 1.68. The Labute approximate surface area is 228 Å². The third-order valence-corrected chi connectivity index (χ3v) is 6.54. The molecule has 0 atom stereocenters. The van der Waals surface area contributed by atoms with Crippen LogP contribution in [0, 0.1) is 0 Å². The van der Waals surface area contributed by atoms with Gasteiger partial charge in [0.2, 0.25) is 11.8 Å². The molecule has 0 aliphatic carbocycles. The molecule has 4 aromatic rings. The molecule has 1 N–H and O–H groups in total. The molecule has 0 saturated carbocycles. The minimum atomic E-state index is -0.142. The van der Waals surface area contributed by atoms with Crippen molar-refractivity contribution in [2.75, 3.05) is 44.9 Å². The maximum Gasteiger partial charge on any atom is 0.322 e. The molecular formula is C29H33N5O3S. The Kier molecular flexibility index (Phi) is 10.2. The number of nitrogens with zero attached hydrogens (tertiary/aromatic N) is 4. The molecule has 0 aliphatic rings. The van der Waals surface area contributed by atoms with Gasteiger partial charge in [-0.15, -0.1) is 22.0 Å². The number of hydrogen-bond donors (Lipinski definition) is 1. The van der Waals surface area contributed by atoms with Crippen LogP contribution in [0.5, 0.6) is 5.75 Å². The number of amides is 2. The summed E-state index contributed by atoms with van der Waals surface area (Å²) in [5, 5.41) is 11.3. The Morgan fingerprint density at radius 1 is 0.921 bits per heavy atom. The summed E-state index contributed by atoms with van der Waals surface area (Å²) in [7, 11) is 4.00. The van der Waals surface area contributed by atoms with Crippen LogP contribution >= 0.6 is 11.8 Å². The lowest BCUT2D eigenvalue weighted by atomic mass is 10.2. The van der Waals surface area contributed by atoms with Crippen molar-refractivity contribution in [1.82, 2.24) is 20.0 Å². The van der Waals surface area contributed by atoms with Crippen LogP contribution in [0.2, 0.25) is 0 Å². The minimum absolute atomic E-state index is 0.142. The van der Waals surface area contributed by atoms with Crippen molar-refractivity contribution in [1.29, 1.82) is 0 Å². The van der Waals surface area contributed by atoms with Gasteiger partial charge in [0.05, 0.1) is 12.4 Å². The first-order chi connectivity index (χ1) is 18.6. The summed E-state index contributed by atoms with van der Waals surface area (Å²) in [5.74, 6) is 3.32. The molecule has 198 valence electrons. The van der Waals surface area contributed by atoms with E-state index in [9.17, 15) is 4.79 Å². The minimum Gasteiger partial charge on any atom is -0.493 e. The van der Waals surface area contributed by atoms with Crippen molar-refractivity contribution >= 4 is 23.5 Å². The fourth-order valence-corrected chi connectivity index (χ4v) is 4.24. The lowest BCUT2D eigenvalue weighted by Crippen LogP contribution is -2.39. The van der Waals surface area contributed by atoms with Crippen LogP contribution in [0.25, 0.3) is 11.5 Å². The molecule has 1 aromatic heterocycles. The van der Waals surface area contributed by atoms with Crippen LogP contribution in [-0.2, 0) is 12.3 Å². The number of carbonyl (C=O) groups is 1. The van der Waals surface area contributed by atoms with Crippen molar-refractivity contribution in [3.05, 3.63) is 96.4 Å². The van der Waals surface area contributed by atoms with Gasteiger partial charge in [0.25, 0.3) is 0 Å². The Bertz CT molecular complexity index is 1250. The monoisotopic (exact) mass is 531 g/mol. The number of nitrogens with one attached hydrogen (secondary N) is 1. The highest BCUT2D eigenvalue weighted by Crippen LogP contribution is 2.22. The summed E-state index contributed by atoms with van der Waals surface area (Å²) < 4.78 is 11.5. The number of ether oxygens (including phenoxy) is 1. The molecule has 0 bridgehead atoms. The highest BCUT2D eigenvalue weighted by Gasteiger charge is 2.15. The molecule has 38 heavy (non-hydrogen) atoms. The van der Waals surface area contributed by atoms with Gasteiger partial charge in [0, 0.05) is 36.6 Å². The molecule has 9 heteroatoms. The summed E-state index contributed by atoms with van der Waals surface area (Å²) in [4.78, 5) is 16.9. The summed E-state index contributed by atoms with van der Waals surface area (Å²) in [5.41, 5.74) is 2.59. The molecule has 1 heterocycles. The third-order valence-electron chi connectivity index (χ3n) is 5.64. The van der Waals surface area contributed by atoms with E-state index < -0.39 is 0 Å². The van der Waals surface area contributed by atoms with E-state index in [1.807, 2.05) is 104 Å². The average Bonchev–Trinajstić information content (AvgIpc) is 3.41.